The highest BCUT2D eigenvalue weighted by Crippen LogP contribution is 2.29. The van der Waals surface area contributed by atoms with Crippen molar-refractivity contribution in [1.82, 2.24) is 9.97 Å². The first-order chi connectivity index (χ1) is 8.81. The topological polar surface area (TPSA) is 72.0 Å². The van der Waals surface area contributed by atoms with Gasteiger partial charge in [0.25, 0.3) is 0 Å². The Bertz CT molecular complexity index is 700. The zero-order valence-corrected chi connectivity index (χ0v) is 12.3. The Morgan fingerprint density at radius 1 is 1.42 bits per heavy atom. The highest BCUT2D eigenvalue weighted by molar-refractivity contribution is 7.91. The van der Waals surface area contributed by atoms with Gasteiger partial charge in [-0.3, -0.25) is 0 Å². The lowest BCUT2D eigenvalue weighted by Gasteiger charge is -2.23. The number of para-hydroxylation sites is 1. The molecule has 0 fully saturated rings. The van der Waals surface area contributed by atoms with Crippen LogP contribution >= 0.6 is 0 Å². The van der Waals surface area contributed by atoms with Gasteiger partial charge in [-0.05, 0) is 25.5 Å². The van der Waals surface area contributed by atoms with Crippen LogP contribution in [0.4, 0.5) is 0 Å². The highest BCUT2D eigenvalue weighted by Gasteiger charge is 2.28. The molecule has 0 bridgehead atoms. The van der Waals surface area contributed by atoms with Gasteiger partial charge in [-0.15, -0.1) is 0 Å². The van der Waals surface area contributed by atoms with Gasteiger partial charge in [-0.25, -0.2) is 13.4 Å². The fourth-order valence-corrected chi connectivity index (χ4v) is 2.80. The molecule has 1 aromatic carbocycles. The SMILES string of the molecule is CCC(C)(OC)c1nc2c(S(C)(=O)=O)cccc2[nH]1. The Balaban J connectivity index is 2.71. The summed E-state index contributed by atoms with van der Waals surface area (Å²) in [6.45, 7) is 3.92. The van der Waals surface area contributed by atoms with Crippen LogP contribution in [0.2, 0.25) is 0 Å². The Labute approximate surface area is 112 Å². The fraction of sp³-hybridized carbons (Fsp3) is 0.462. The molecular formula is C13H18N2O3S. The molecular weight excluding hydrogens is 264 g/mol. The molecule has 1 N–H and O–H groups in total. The number of H-pyrrole nitrogens is 1. The maximum absolute atomic E-state index is 11.8. The second kappa shape index (κ2) is 4.61. The summed E-state index contributed by atoms with van der Waals surface area (Å²) in [5.41, 5.74) is 0.625. The number of benzene rings is 1. The summed E-state index contributed by atoms with van der Waals surface area (Å²) >= 11 is 0. The number of ether oxygens (including phenoxy) is 1. The third kappa shape index (κ3) is 2.37. The first-order valence-corrected chi connectivity index (χ1v) is 7.95. The normalized spacial score (nSPS) is 15.6. The molecule has 1 heterocycles. The second-order valence-corrected chi connectivity index (χ2v) is 6.78. The molecule has 1 aromatic heterocycles. The van der Waals surface area contributed by atoms with Crippen LogP contribution in [0.25, 0.3) is 11.0 Å². The third-order valence-corrected chi connectivity index (χ3v) is 4.63. The summed E-state index contributed by atoms with van der Waals surface area (Å²) in [5, 5.41) is 0. The van der Waals surface area contributed by atoms with Crippen molar-refractivity contribution in [1.29, 1.82) is 0 Å². The van der Waals surface area contributed by atoms with Gasteiger partial charge in [0, 0.05) is 13.4 Å². The average molecular weight is 282 g/mol. The molecule has 5 nitrogen and oxygen atoms in total. The lowest BCUT2D eigenvalue weighted by molar-refractivity contribution is -0.00804. The van der Waals surface area contributed by atoms with Crippen LogP contribution in [0.5, 0.6) is 0 Å². The number of hydrogen-bond acceptors (Lipinski definition) is 4. The average Bonchev–Trinajstić information content (AvgIpc) is 2.80. The fourth-order valence-electron chi connectivity index (χ4n) is 1.96. The van der Waals surface area contributed by atoms with E-state index in [1.165, 1.54) is 6.26 Å². The summed E-state index contributed by atoms with van der Waals surface area (Å²) in [5.74, 6) is 0.642. The number of aromatic nitrogens is 2. The summed E-state index contributed by atoms with van der Waals surface area (Å²) < 4.78 is 29.0. The maximum atomic E-state index is 11.8. The molecule has 1 unspecified atom stereocenters. The number of hydrogen-bond donors (Lipinski definition) is 1. The van der Waals surface area contributed by atoms with Crippen LogP contribution in [0.3, 0.4) is 0 Å². The van der Waals surface area contributed by atoms with Gasteiger partial charge < -0.3 is 9.72 Å². The first kappa shape index (κ1) is 14.0. The zero-order chi connectivity index (χ0) is 14.3. The molecule has 0 spiro atoms. The minimum atomic E-state index is -3.30. The predicted octanol–water partition coefficient (Wildman–Crippen LogP) is 2.24. The minimum Gasteiger partial charge on any atom is -0.371 e. The molecule has 19 heavy (non-hydrogen) atoms. The van der Waals surface area contributed by atoms with Gasteiger partial charge in [0.05, 0.1) is 10.4 Å². The number of imidazole rings is 1. The predicted molar refractivity (Wildman–Crippen MR) is 73.9 cm³/mol. The van der Waals surface area contributed by atoms with Crippen LogP contribution < -0.4 is 0 Å². The summed E-state index contributed by atoms with van der Waals surface area (Å²) in [7, 11) is -1.68. The van der Waals surface area contributed by atoms with E-state index in [2.05, 4.69) is 9.97 Å². The van der Waals surface area contributed by atoms with E-state index in [0.717, 1.165) is 6.42 Å². The van der Waals surface area contributed by atoms with Crippen molar-refractivity contribution >= 4 is 20.9 Å². The van der Waals surface area contributed by atoms with E-state index >= 15 is 0 Å². The van der Waals surface area contributed by atoms with E-state index in [4.69, 9.17) is 4.74 Å². The van der Waals surface area contributed by atoms with Crippen molar-refractivity contribution in [3.8, 4) is 0 Å². The van der Waals surface area contributed by atoms with Crippen LogP contribution in [-0.4, -0.2) is 31.8 Å². The largest absolute Gasteiger partial charge is 0.371 e. The summed E-state index contributed by atoms with van der Waals surface area (Å²) in [6, 6.07) is 5.08. The monoisotopic (exact) mass is 282 g/mol. The molecule has 0 aliphatic heterocycles. The van der Waals surface area contributed by atoms with Gasteiger partial charge in [0.15, 0.2) is 9.84 Å². The van der Waals surface area contributed by atoms with Crippen LogP contribution in [0.1, 0.15) is 26.1 Å². The van der Waals surface area contributed by atoms with Crippen molar-refractivity contribution in [3.05, 3.63) is 24.0 Å². The number of rotatable bonds is 4. The molecule has 0 aliphatic rings. The number of fused-ring (bicyclic) bond motifs is 1. The summed E-state index contributed by atoms with van der Waals surface area (Å²) in [6.07, 6.45) is 1.92. The molecule has 2 rings (SSSR count). The van der Waals surface area contributed by atoms with Crippen molar-refractivity contribution in [2.45, 2.75) is 30.8 Å². The van der Waals surface area contributed by atoms with Gasteiger partial charge in [-0.2, -0.15) is 0 Å². The van der Waals surface area contributed by atoms with Crippen molar-refractivity contribution in [2.24, 2.45) is 0 Å². The number of nitrogens with one attached hydrogen (secondary N) is 1. The Kier molecular flexibility index (Phi) is 3.40. The zero-order valence-electron chi connectivity index (χ0n) is 11.5. The van der Waals surface area contributed by atoms with Crippen molar-refractivity contribution in [3.63, 3.8) is 0 Å². The number of methoxy groups -OCH3 is 1. The lowest BCUT2D eigenvalue weighted by Crippen LogP contribution is -2.24. The van der Waals surface area contributed by atoms with Crippen molar-refractivity contribution < 1.29 is 13.2 Å². The third-order valence-electron chi connectivity index (χ3n) is 3.50. The summed E-state index contributed by atoms with van der Waals surface area (Å²) in [4.78, 5) is 7.82. The Morgan fingerprint density at radius 3 is 2.63 bits per heavy atom. The van der Waals surface area contributed by atoms with Gasteiger partial charge in [0.2, 0.25) is 0 Å². The van der Waals surface area contributed by atoms with Crippen LogP contribution in [0, 0.1) is 0 Å². The molecule has 0 saturated heterocycles. The number of aromatic amines is 1. The molecule has 0 amide bonds. The molecule has 0 radical (unpaired) electrons. The van der Waals surface area contributed by atoms with E-state index < -0.39 is 15.4 Å². The molecule has 6 heteroatoms. The van der Waals surface area contributed by atoms with Crippen molar-refractivity contribution in [2.75, 3.05) is 13.4 Å². The van der Waals surface area contributed by atoms with E-state index in [1.807, 2.05) is 19.9 Å². The minimum absolute atomic E-state index is 0.238. The van der Waals surface area contributed by atoms with Gasteiger partial charge in [-0.1, -0.05) is 13.0 Å². The second-order valence-electron chi connectivity index (χ2n) is 4.80. The van der Waals surface area contributed by atoms with Gasteiger partial charge >= 0.3 is 0 Å². The number of sulfone groups is 1. The Morgan fingerprint density at radius 2 is 2.11 bits per heavy atom. The molecule has 104 valence electrons. The molecule has 0 aliphatic carbocycles. The maximum Gasteiger partial charge on any atom is 0.177 e. The number of nitrogens with zero attached hydrogens (tertiary/aromatic N) is 1. The molecule has 1 atom stereocenters. The van der Waals surface area contributed by atoms with E-state index in [0.29, 0.717) is 16.9 Å². The Hall–Kier alpha value is -1.40. The lowest BCUT2D eigenvalue weighted by atomic mass is 10.0. The molecule has 0 saturated carbocycles. The quantitative estimate of drug-likeness (QED) is 0.933. The van der Waals surface area contributed by atoms with E-state index in [1.54, 1.807) is 19.2 Å². The highest BCUT2D eigenvalue weighted by atomic mass is 32.2. The van der Waals surface area contributed by atoms with Crippen LogP contribution in [-0.2, 0) is 20.2 Å². The van der Waals surface area contributed by atoms with Gasteiger partial charge in [0.1, 0.15) is 16.9 Å². The smallest absolute Gasteiger partial charge is 0.177 e. The van der Waals surface area contributed by atoms with Crippen LogP contribution in [0.15, 0.2) is 23.1 Å². The first-order valence-electron chi connectivity index (χ1n) is 6.06. The molecule has 2 aromatic rings. The van der Waals surface area contributed by atoms with E-state index in [9.17, 15) is 8.42 Å². The van der Waals surface area contributed by atoms with E-state index in [-0.39, 0.29) is 4.90 Å². The standard InChI is InChI=1S/C13H18N2O3S/c1-5-13(2,18-3)12-14-9-7-6-8-10(11(9)15-12)19(4,16)17/h6-8H,5H2,1-4H3,(H,14,15).